The van der Waals surface area contributed by atoms with E-state index in [4.69, 9.17) is 0 Å². The molecule has 0 saturated carbocycles. The van der Waals surface area contributed by atoms with Crippen LogP contribution in [0.15, 0.2) is 58.4 Å². The van der Waals surface area contributed by atoms with Crippen molar-refractivity contribution in [2.75, 3.05) is 19.6 Å². The molecule has 1 aliphatic rings. The van der Waals surface area contributed by atoms with Gasteiger partial charge in [-0.25, -0.2) is 8.42 Å². The molecule has 3 rings (SSSR count). The van der Waals surface area contributed by atoms with Crippen LogP contribution in [0.4, 0.5) is 0 Å². The number of hydrogen-bond acceptors (Lipinski definition) is 4. The number of nitrogens with one attached hydrogen (secondary N) is 2. The van der Waals surface area contributed by atoms with E-state index in [1.54, 1.807) is 30.3 Å². The van der Waals surface area contributed by atoms with Crippen molar-refractivity contribution in [3.63, 3.8) is 0 Å². The van der Waals surface area contributed by atoms with Gasteiger partial charge in [0.2, 0.25) is 15.6 Å². The minimum absolute atomic E-state index is 0.226. The van der Waals surface area contributed by atoms with Gasteiger partial charge in [0.15, 0.2) is 0 Å². The molecule has 2 aromatic rings. The second-order valence-corrected chi connectivity index (χ2v) is 8.25. The number of aromatic amines is 1. The molecule has 0 aliphatic carbocycles. The van der Waals surface area contributed by atoms with Gasteiger partial charge in [-0.05, 0) is 37.0 Å². The Hall–Kier alpha value is -2.45. The summed E-state index contributed by atoms with van der Waals surface area (Å²) in [5.74, 6) is -0.0236. The van der Waals surface area contributed by atoms with Gasteiger partial charge in [-0.3, -0.25) is 9.59 Å². The molecule has 0 radical (unpaired) electrons. The predicted molar refractivity (Wildman–Crippen MR) is 97.3 cm³/mol. The normalized spacial score (nSPS) is 16.3. The zero-order valence-electron chi connectivity index (χ0n) is 14.2. The number of nitrogens with zero attached hydrogens (tertiary/aromatic N) is 1. The highest BCUT2D eigenvalue weighted by Gasteiger charge is 2.29. The number of aromatic nitrogens is 1. The van der Waals surface area contributed by atoms with Crippen LogP contribution in [-0.4, -0.2) is 43.2 Å². The highest BCUT2D eigenvalue weighted by atomic mass is 32.2. The van der Waals surface area contributed by atoms with Crippen molar-refractivity contribution in [2.45, 2.75) is 17.7 Å². The van der Waals surface area contributed by atoms with Crippen LogP contribution < -0.4 is 10.9 Å². The van der Waals surface area contributed by atoms with Gasteiger partial charge in [0.25, 0.3) is 5.91 Å². The summed E-state index contributed by atoms with van der Waals surface area (Å²) in [6.07, 6.45) is 2.77. The number of H-pyrrole nitrogens is 1. The molecule has 0 spiro atoms. The molecule has 0 bridgehead atoms. The molecule has 138 valence electrons. The molecule has 2 N–H and O–H groups in total. The van der Waals surface area contributed by atoms with Gasteiger partial charge in [-0.2, -0.15) is 4.31 Å². The molecule has 1 amide bonds. The number of pyridine rings is 1. The first kappa shape index (κ1) is 18.3. The Kier molecular flexibility index (Phi) is 5.53. The van der Waals surface area contributed by atoms with Crippen LogP contribution in [-0.2, 0) is 10.0 Å². The number of carbonyl (C=O) groups excluding carboxylic acids is 1. The van der Waals surface area contributed by atoms with Crippen molar-refractivity contribution >= 4 is 15.9 Å². The molecule has 1 saturated heterocycles. The Morgan fingerprint density at radius 2 is 1.81 bits per heavy atom. The Bertz CT molecular complexity index is 896. The third kappa shape index (κ3) is 4.20. The van der Waals surface area contributed by atoms with E-state index in [1.807, 2.05) is 0 Å². The van der Waals surface area contributed by atoms with E-state index in [2.05, 4.69) is 10.3 Å². The van der Waals surface area contributed by atoms with Gasteiger partial charge in [0.1, 0.15) is 0 Å². The first-order chi connectivity index (χ1) is 12.5. The lowest BCUT2D eigenvalue weighted by Crippen LogP contribution is -2.41. The highest BCUT2D eigenvalue weighted by molar-refractivity contribution is 7.89. The quantitative estimate of drug-likeness (QED) is 0.820. The fraction of sp³-hybridized carbons (Fsp3) is 0.333. The molecule has 0 atom stereocenters. The van der Waals surface area contributed by atoms with E-state index in [-0.39, 0.29) is 17.4 Å². The van der Waals surface area contributed by atoms with Gasteiger partial charge >= 0.3 is 0 Å². The lowest BCUT2D eigenvalue weighted by molar-refractivity contribution is 0.0941. The molecule has 7 nitrogen and oxygen atoms in total. The smallest absolute Gasteiger partial charge is 0.252 e. The molecule has 26 heavy (non-hydrogen) atoms. The summed E-state index contributed by atoms with van der Waals surface area (Å²) < 4.78 is 26.7. The fourth-order valence-electron chi connectivity index (χ4n) is 2.99. The van der Waals surface area contributed by atoms with Crippen LogP contribution in [0, 0.1) is 5.92 Å². The lowest BCUT2D eigenvalue weighted by Gasteiger charge is -2.31. The Morgan fingerprint density at radius 3 is 2.42 bits per heavy atom. The van der Waals surface area contributed by atoms with Crippen LogP contribution >= 0.6 is 0 Å². The highest BCUT2D eigenvalue weighted by Crippen LogP contribution is 2.23. The number of benzene rings is 1. The van der Waals surface area contributed by atoms with Gasteiger partial charge in [0, 0.05) is 31.9 Å². The van der Waals surface area contributed by atoms with Crippen molar-refractivity contribution in [1.82, 2.24) is 14.6 Å². The summed E-state index contributed by atoms with van der Waals surface area (Å²) in [6.45, 7) is 1.37. The van der Waals surface area contributed by atoms with Gasteiger partial charge in [-0.1, -0.05) is 18.2 Å². The van der Waals surface area contributed by atoms with Crippen LogP contribution in [0.5, 0.6) is 0 Å². The lowest BCUT2D eigenvalue weighted by atomic mass is 9.98. The number of amides is 1. The van der Waals surface area contributed by atoms with Crippen molar-refractivity contribution < 1.29 is 13.2 Å². The van der Waals surface area contributed by atoms with Gasteiger partial charge in [0.05, 0.1) is 10.5 Å². The van der Waals surface area contributed by atoms with Crippen molar-refractivity contribution in [3.8, 4) is 0 Å². The molecule has 1 aliphatic heterocycles. The first-order valence-corrected chi connectivity index (χ1v) is 9.93. The Morgan fingerprint density at radius 1 is 1.12 bits per heavy atom. The minimum Gasteiger partial charge on any atom is -0.352 e. The maximum absolute atomic E-state index is 12.6. The van der Waals surface area contributed by atoms with E-state index in [0.29, 0.717) is 42.9 Å². The third-order valence-electron chi connectivity index (χ3n) is 4.55. The second kappa shape index (κ2) is 7.84. The summed E-state index contributed by atoms with van der Waals surface area (Å²) in [5.41, 5.74) is 0.141. The SMILES string of the molecule is O=C(NCC1CCN(S(=O)(=O)c2ccccc2)CC1)c1ccc(=O)[nH]c1. The number of rotatable bonds is 5. The number of piperidine rings is 1. The molecule has 8 heteroatoms. The molecule has 0 unspecified atom stereocenters. The second-order valence-electron chi connectivity index (χ2n) is 6.31. The number of sulfonamides is 1. The molecule has 1 fully saturated rings. The van der Waals surface area contributed by atoms with E-state index in [1.165, 1.54) is 22.6 Å². The van der Waals surface area contributed by atoms with Crippen LogP contribution in [0.3, 0.4) is 0 Å². The molecule has 2 heterocycles. The van der Waals surface area contributed by atoms with E-state index in [0.717, 1.165) is 0 Å². The van der Waals surface area contributed by atoms with Crippen molar-refractivity contribution in [2.24, 2.45) is 5.92 Å². The van der Waals surface area contributed by atoms with Gasteiger partial charge < -0.3 is 10.3 Å². The summed E-state index contributed by atoms with van der Waals surface area (Å²) >= 11 is 0. The Labute approximate surface area is 152 Å². The van der Waals surface area contributed by atoms with Crippen LogP contribution in [0.1, 0.15) is 23.2 Å². The van der Waals surface area contributed by atoms with Crippen LogP contribution in [0.25, 0.3) is 0 Å². The fourth-order valence-corrected chi connectivity index (χ4v) is 4.48. The summed E-state index contributed by atoms with van der Waals surface area (Å²) in [5, 5.41) is 2.84. The number of hydrogen-bond donors (Lipinski definition) is 2. The zero-order valence-corrected chi connectivity index (χ0v) is 15.0. The first-order valence-electron chi connectivity index (χ1n) is 8.49. The maximum atomic E-state index is 12.6. The van der Waals surface area contributed by atoms with E-state index < -0.39 is 10.0 Å². The van der Waals surface area contributed by atoms with Crippen LogP contribution in [0.2, 0.25) is 0 Å². The third-order valence-corrected chi connectivity index (χ3v) is 6.47. The molecule has 1 aromatic carbocycles. The largest absolute Gasteiger partial charge is 0.352 e. The summed E-state index contributed by atoms with van der Waals surface area (Å²) in [7, 11) is -3.45. The molecular formula is C18H21N3O4S. The average Bonchev–Trinajstić information content (AvgIpc) is 2.67. The molecular weight excluding hydrogens is 354 g/mol. The Balaban J connectivity index is 1.52. The van der Waals surface area contributed by atoms with E-state index >= 15 is 0 Å². The maximum Gasteiger partial charge on any atom is 0.252 e. The van der Waals surface area contributed by atoms with E-state index in [9.17, 15) is 18.0 Å². The average molecular weight is 375 g/mol. The zero-order chi connectivity index (χ0) is 18.6. The van der Waals surface area contributed by atoms with Crippen molar-refractivity contribution in [1.29, 1.82) is 0 Å². The number of carbonyl (C=O) groups is 1. The molecule has 1 aromatic heterocycles. The monoisotopic (exact) mass is 375 g/mol. The minimum atomic E-state index is -3.45. The topological polar surface area (TPSA) is 99.3 Å². The summed E-state index contributed by atoms with van der Waals surface area (Å²) in [6, 6.07) is 11.2. The van der Waals surface area contributed by atoms with Crippen molar-refractivity contribution in [3.05, 3.63) is 64.6 Å². The predicted octanol–water partition coefficient (Wildman–Crippen LogP) is 1.21. The van der Waals surface area contributed by atoms with Gasteiger partial charge in [-0.15, -0.1) is 0 Å². The summed E-state index contributed by atoms with van der Waals surface area (Å²) in [4.78, 5) is 25.9. The standard InChI is InChI=1S/C18H21N3O4S/c22-17-7-6-15(13-19-17)18(23)20-12-14-8-10-21(11-9-14)26(24,25)16-4-2-1-3-5-16/h1-7,13-14H,8-12H2,(H,19,22)(H,20,23).